The molecule has 142 valence electrons. The maximum absolute atomic E-state index is 11.5. The first-order valence-electron chi connectivity index (χ1n) is 8.62. The summed E-state index contributed by atoms with van der Waals surface area (Å²) < 4.78 is 30.5. The zero-order valence-corrected chi connectivity index (χ0v) is 16.2. The molecule has 0 fully saturated rings. The first-order chi connectivity index (χ1) is 12.8. The third-order valence-corrected chi connectivity index (χ3v) is 5.34. The van der Waals surface area contributed by atoms with Gasteiger partial charge in [-0.15, -0.1) is 0 Å². The fourth-order valence-corrected chi connectivity index (χ4v) is 3.63. The standard InChI is InChI=1S/C20H23N3O3S/c1-3-26-17-8-4-15(5-9-17)20-19(12-21)14(2)13-23(20)16-6-10-18(11-7-16)27(22,24)25/h4-11,13H,3,12,21H2,1-2H3,(H2,22,24,25). The highest BCUT2D eigenvalue weighted by atomic mass is 32.2. The molecule has 27 heavy (non-hydrogen) atoms. The molecule has 0 aliphatic heterocycles. The molecule has 0 spiro atoms. The summed E-state index contributed by atoms with van der Waals surface area (Å²) in [5.74, 6) is 0.808. The second kappa shape index (κ2) is 7.56. The smallest absolute Gasteiger partial charge is 0.238 e. The van der Waals surface area contributed by atoms with Crippen molar-refractivity contribution in [3.8, 4) is 22.7 Å². The normalized spacial score (nSPS) is 11.6. The predicted molar refractivity (Wildman–Crippen MR) is 106 cm³/mol. The van der Waals surface area contributed by atoms with Gasteiger partial charge in [-0.1, -0.05) is 0 Å². The molecule has 2 aromatic carbocycles. The number of nitrogens with two attached hydrogens (primary N) is 2. The molecule has 1 heterocycles. The Kier molecular flexibility index (Phi) is 5.36. The van der Waals surface area contributed by atoms with E-state index in [0.29, 0.717) is 13.2 Å². The first-order valence-corrected chi connectivity index (χ1v) is 10.2. The SMILES string of the molecule is CCOc1ccc(-c2c(CN)c(C)cn2-c2ccc(S(N)(=O)=O)cc2)cc1. The summed E-state index contributed by atoms with van der Waals surface area (Å²) >= 11 is 0. The number of nitrogens with zero attached hydrogens (tertiary/aromatic N) is 1. The number of aromatic nitrogens is 1. The van der Waals surface area contributed by atoms with Gasteiger partial charge in [-0.2, -0.15) is 0 Å². The van der Waals surface area contributed by atoms with Gasteiger partial charge < -0.3 is 15.0 Å². The minimum absolute atomic E-state index is 0.0804. The minimum atomic E-state index is -3.73. The summed E-state index contributed by atoms with van der Waals surface area (Å²) in [4.78, 5) is 0.0804. The van der Waals surface area contributed by atoms with E-state index in [4.69, 9.17) is 15.6 Å². The molecule has 7 heteroatoms. The molecule has 0 atom stereocenters. The molecular formula is C20H23N3O3S. The number of sulfonamides is 1. The van der Waals surface area contributed by atoms with Crippen LogP contribution in [-0.2, 0) is 16.6 Å². The molecule has 1 aromatic heterocycles. The Morgan fingerprint density at radius 3 is 2.19 bits per heavy atom. The van der Waals surface area contributed by atoms with Crippen LogP contribution in [0.4, 0.5) is 0 Å². The number of aryl methyl sites for hydroxylation is 1. The van der Waals surface area contributed by atoms with Crippen molar-refractivity contribution in [2.75, 3.05) is 6.61 Å². The molecule has 3 aromatic rings. The number of ether oxygens (including phenoxy) is 1. The number of primary sulfonamides is 1. The van der Waals surface area contributed by atoms with Crippen molar-refractivity contribution in [2.45, 2.75) is 25.3 Å². The second-order valence-electron chi connectivity index (χ2n) is 6.21. The van der Waals surface area contributed by atoms with Crippen molar-refractivity contribution in [1.29, 1.82) is 0 Å². The average molecular weight is 385 g/mol. The van der Waals surface area contributed by atoms with Crippen molar-refractivity contribution in [1.82, 2.24) is 4.57 Å². The van der Waals surface area contributed by atoms with Gasteiger partial charge in [0.1, 0.15) is 5.75 Å². The summed E-state index contributed by atoms with van der Waals surface area (Å²) in [5.41, 5.74) is 10.9. The topological polar surface area (TPSA) is 100 Å². The number of rotatable bonds is 6. The maximum Gasteiger partial charge on any atom is 0.238 e. The van der Waals surface area contributed by atoms with Gasteiger partial charge in [0, 0.05) is 18.4 Å². The van der Waals surface area contributed by atoms with E-state index in [1.807, 2.05) is 48.9 Å². The Morgan fingerprint density at radius 2 is 1.67 bits per heavy atom. The van der Waals surface area contributed by atoms with Crippen LogP contribution in [0.3, 0.4) is 0 Å². The zero-order valence-electron chi connectivity index (χ0n) is 15.3. The van der Waals surface area contributed by atoms with Crippen molar-refractivity contribution < 1.29 is 13.2 Å². The van der Waals surface area contributed by atoms with Crippen LogP contribution in [-0.4, -0.2) is 19.6 Å². The largest absolute Gasteiger partial charge is 0.494 e. The minimum Gasteiger partial charge on any atom is -0.494 e. The number of hydrogen-bond acceptors (Lipinski definition) is 4. The summed E-state index contributed by atoms with van der Waals surface area (Å²) in [5, 5.41) is 5.19. The van der Waals surface area contributed by atoms with Crippen LogP contribution in [0.1, 0.15) is 18.1 Å². The predicted octanol–water partition coefficient (Wildman–Crippen LogP) is 2.96. The van der Waals surface area contributed by atoms with E-state index in [0.717, 1.165) is 33.8 Å². The maximum atomic E-state index is 11.5. The molecule has 4 N–H and O–H groups in total. The first kappa shape index (κ1) is 19.2. The van der Waals surface area contributed by atoms with E-state index in [2.05, 4.69) is 0 Å². The van der Waals surface area contributed by atoms with Crippen LogP contribution in [0.2, 0.25) is 0 Å². The lowest BCUT2D eigenvalue weighted by atomic mass is 10.0. The summed E-state index contributed by atoms with van der Waals surface area (Å²) in [6.07, 6.45) is 2.00. The molecular weight excluding hydrogens is 362 g/mol. The Morgan fingerprint density at radius 1 is 1.04 bits per heavy atom. The quantitative estimate of drug-likeness (QED) is 0.681. The van der Waals surface area contributed by atoms with Gasteiger partial charge >= 0.3 is 0 Å². The molecule has 0 aliphatic carbocycles. The molecule has 0 saturated carbocycles. The Hall–Kier alpha value is -2.61. The van der Waals surface area contributed by atoms with Crippen molar-refractivity contribution in [2.24, 2.45) is 10.9 Å². The molecule has 6 nitrogen and oxygen atoms in total. The van der Waals surface area contributed by atoms with Crippen LogP contribution in [0.25, 0.3) is 16.9 Å². The molecule has 0 bridgehead atoms. The van der Waals surface area contributed by atoms with Crippen molar-refractivity contribution in [3.63, 3.8) is 0 Å². The molecule has 0 aliphatic rings. The van der Waals surface area contributed by atoms with Gasteiger partial charge in [-0.25, -0.2) is 13.6 Å². The fourth-order valence-electron chi connectivity index (χ4n) is 3.12. The van der Waals surface area contributed by atoms with Gasteiger partial charge in [0.25, 0.3) is 0 Å². The second-order valence-corrected chi connectivity index (χ2v) is 7.77. The Labute approximate surface area is 159 Å². The van der Waals surface area contributed by atoms with Crippen LogP contribution in [0.15, 0.2) is 59.6 Å². The third kappa shape index (κ3) is 3.90. The lowest BCUT2D eigenvalue weighted by Gasteiger charge is -2.13. The molecule has 0 unspecified atom stereocenters. The molecule has 0 saturated heterocycles. The number of benzene rings is 2. The lowest BCUT2D eigenvalue weighted by Crippen LogP contribution is -2.12. The zero-order chi connectivity index (χ0) is 19.6. The van der Waals surface area contributed by atoms with E-state index < -0.39 is 10.0 Å². The summed E-state index contributed by atoms with van der Waals surface area (Å²) in [7, 11) is -3.73. The molecule has 0 amide bonds. The van der Waals surface area contributed by atoms with Gasteiger partial charge in [0.2, 0.25) is 10.0 Å². The van der Waals surface area contributed by atoms with E-state index >= 15 is 0 Å². The molecule has 3 rings (SSSR count). The van der Waals surface area contributed by atoms with Crippen LogP contribution >= 0.6 is 0 Å². The average Bonchev–Trinajstić information content (AvgIpc) is 2.98. The van der Waals surface area contributed by atoms with Gasteiger partial charge in [-0.05, 0) is 79.1 Å². The number of hydrogen-bond donors (Lipinski definition) is 2. The fraction of sp³-hybridized carbons (Fsp3) is 0.200. The Bertz CT molecular complexity index is 1040. The Balaban J connectivity index is 2.11. The van der Waals surface area contributed by atoms with E-state index in [9.17, 15) is 8.42 Å². The van der Waals surface area contributed by atoms with Crippen LogP contribution in [0.5, 0.6) is 5.75 Å². The van der Waals surface area contributed by atoms with Crippen molar-refractivity contribution in [3.05, 3.63) is 65.9 Å². The van der Waals surface area contributed by atoms with E-state index in [1.54, 1.807) is 12.1 Å². The third-order valence-electron chi connectivity index (χ3n) is 4.41. The van der Waals surface area contributed by atoms with E-state index in [-0.39, 0.29) is 4.90 Å². The summed E-state index contributed by atoms with van der Waals surface area (Å²) in [6, 6.07) is 14.3. The highest BCUT2D eigenvalue weighted by molar-refractivity contribution is 7.89. The van der Waals surface area contributed by atoms with Crippen molar-refractivity contribution >= 4 is 10.0 Å². The monoisotopic (exact) mass is 385 g/mol. The van der Waals surface area contributed by atoms with Gasteiger partial charge in [-0.3, -0.25) is 0 Å². The van der Waals surface area contributed by atoms with Crippen LogP contribution < -0.4 is 15.6 Å². The molecule has 0 radical (unpaired) electrons. The highest BCUT2D eigenvalue weighted by Gasteiger charge is 2.16. The summed E-state index contributed by atoms with van der Waals surface area (Å²) in [6.45, 7) is 4.96. The van der Waals surface area contributed by atoms with Gasteiger partial charge in [0.05, 0.1) is 17.2 Å². The highest BCUT2D eigenvalue weighted by Crippen LogP contribution is 2.32. The van der Waals surface area contributed by atoms with Crippen LogP contribution in [0, 0.1) is 6.92 Å². The van der Waals surface area contributed by atoms with E-state index in [1.165, 1.54) is 12.1 Å². The lowest BCUT2D eigenvalue weighted by molar-refractivity contribution is 0.340. The van der Waals surface area contributed by atoms with Gasteiger partial charge in [0.15, 0.2) is 0 Å².